The molecule has 2 heteroatoms. The summed E-state index contributed by atoms with van der Waals surface area (Å²) in [6.45, 7) is 8.33. The maximum Gasteiger partial charge on any atom is 0.0707 e. The van der Waals surface area contributed by atoms with Crippen molar-refractivity contribution in [1.29, 1.82) is 0 Å². The van der Waals surface area contributed by atoms with Crippen LogP contribution in [0.15, 0.2) is 0 Å². The zero-order valence-electron chi connectivity index (χ0n) is 8.05. The second-order valence-electron chi connectivity index (χ2n) is 3.76. The van der Waals surface area contributed by atoms with E-state index in [1.54, 1.807) is 0 Å². The van der Waals surface area contributed by atoms with E-state index in [1.807, 2.05) is 25.6 Å². The lowest BCUT2D eigenvalue weighted by molar-refractivity contribution is 0.0816. The van der Waals surface area contributed by atoms with Crippen molar-refractivity contribution < 1.29 is 5.11 Å². The average Bonchev–Trinajstić information content (AvgIpc) is 1.87. The smallest absolute Gasteiger partial charge is 0.0707 e. The lowest BCUT2D eigenvalue weighted by Crippen LogP contribution is -2.26. The first-order valence-corrected chi connectivity index (χ1v) is 5.43. The van der Waals surface area contributed by atoms with Gasteiger partial charge >= 0.3 is 0 Å². The van der Waals surface area contributed by atoms with Crippen LogP contribution < -0.4 is 0 Å². The van der Waals surface area contributed by atoms with E-state index in [9.17, 15) is 5.11 Å². The van der Waals surface area contributed by atoms with E-state index in [0.717, 1.165) is 23.8 Å². The summed E-state index contributed by atoms with van der Waals surface area (Å²) < 4.78 is 0. The van der Waals surface area contributed by atoms with Gasteiger partial charge in [-0.1, -0.05) is 20.8 Å². The van der Waals surface area contributed by atoms with E-state index < -0.39 is 5.60 Å². The molecule has 0 aromatic rings. The largest absolute Gasteiger partial charge is 0.389 e. The minimum Gasteiger partial charge on any atom is -0.389 e. The van der Waals surface area contributed by atoms with Crippen molar-refractivity contribution in [2.45, 2.75) is 39.7 Å². The molecule has 0 saturated heterocycles. The molecule has 0 fully saturated rings. The molecule has 68 valence electrons. The fraction of sp³-hybridized carbons (Fsp3) is 1.00. The van der Waals surface area contributed by atoms with Crippen LogP contribution in [0.25, 0.3) is 0 Å². The molecular weight excluding hydrogens is 156 g/mol. The molecule has 0 saturated carbocycles. The molecule has 0 bridgehead atoms. The SMILES string of the molecule is CCC(C)(O)CSCC(C)C. The quantitative estimate of drug-likeness (QED) is 0.694. The van der Waals surface area contributed by atoms with Gasteiger partial charge < -0.3 is 5.11 Å². The molecule has 1 nitrogen and oxygen atoms in total. The predicted octanol–water partition coefficient (Wildman–Crippen LogP) is 2.54. The summed E-state index contributed by atoms with van der Waals surface area (Å²) in [5.41, 5.74) is -0.459. The Morgan fingerprint density at radius 3 is 2.36 bits per heavy atom. The third-order valence-corrected chi connectivity index (χ3v) is 3.35. The number of hydrogen-bond donors (Lipinski definition) is 1. The molecule has 11 heavy (non-hydrogen) atoms. The van der Waals surface area contributed by atoms with E-state index in [0.29, 0.717) is 0 Å². The molecule has 0 aromatic carbocycles. The van der Waals surface area contributed by atoms with E-state index in [-0.39, 0.29) is 0 Å². The van der Waals surface area contributed by atoms with E-state index in [4.69, 9.17) is 0 Å². The highest BCUT2D eigenvalue weighted by Crippen LogP contribution is 2.18. The molecule has 0 aliphatic carbocycles. The van der Waals surface area contributed by atoms with E-state index in [1.165, 1.54) is 0 Å². The Hall–Kier alpha value is 0.310. The zero-order chi connectivity index (χ0) is 8.91. The second-order valence-corrected chi connectivity index (χ2v) is 4.79. The third-order valence-electron chi connectivity index (χ3n) is 1.63. The van der Waals surface area contributed by atoms with Crippen molar-refractivity contribution >= 4 is 11.8 Å². The summed E-state index contributed by atoms with van der Waals surface area (Å²) in [5.74, 6) is 2.74. The minimum absolute atomic E-state index is 0.459. The predicted molar refractivity (Wildman–Crippen MR) is 53.1 cm³/mol. The van der Waals surface area contributed by atoms with Crippen LogP contribution >= 0.6 is 11.8 Å². The van der Waals surface area contributed by atoms with Crippen molar-refractivity contribution in [3.63, 3.8) is 0 Å². The fourth-order valence-electron chi connectivity index (χ4n) is 0.617. The van der Waals surface area contributed by atoms with Crippen LogP contribution in [0.5, 0.6) is 0 Å². The van der Waals surface area contributed by atoms with Gasteiger partial charge in [-0.15, -0.1) is 0 Å². The van der Waals surface area contributed by atoms with E-state index in [2.05, 4.69) is 13.8 Å². The summed E-state index contributed by atoms with van der Waals surface area (Å²) in [6, 6.07) is 0. The van der Waals surface area contributed by atoms with Crippen LogP contribution in [-0.4, -0.2) is 22.2 Å². The van der Waals surface area contributed by atoms with Gasteiger partial charge in [0.15, 0.2) is 0 Å². The highest BCUT2D eigenvalue weighted by atomic mass is 32.2. The van der Waals surface area contributed by atoms with Gasteiger partial charge in [0.2, 0.25) is 0 Å². The fourth-order valence-corrected chi connectivity index (χ4v) is 1.85. The van der Waals surface area contributed by atoms with Gasteiger partial charge in [-0.3, -0.25) is 0 Å². The lowest BCUT2D eigenvalue weighted by Gasteiger charge is -2.20. The molecule has 0 radical (unpaired) electrons. The van der Waals surface area contributed by atoms with Crippen molar-refractivity contribution in [3.05, 3.63) is 0 Å². The standard InChI is InChI=1S/C9H20OS/c1-5-9(4,10)7-11-6-8(2)3/h8,10H,5-7H2,1-4H3. The molecule has 1 atom stereocenters. The van der Waals surface area contributed by atoms with Crippen LogP contribution in [0.2, 0.25) is 0 Å². The molecular formula is C9H20OS. The first kappa shape index (κ1) is 11.3. The Morgan fingerprint density at radius 1 is 1.45 bits per heavy atom. The van der Waals surface area contributed by atoms with Crippen LogP contribution in [0.4, 0.5) is 0 Å². The molecule has 1 unspecified atom stereocenters. The zero-order valence-corrected chi connectivity index (χ0v) is 8.87. The Balaban J connectivity index is 3.38. The summed E-state index contributed by atoms with van der Waals surface area (Å²) in [7, 11) is 0. The maximum absolute atomic E-state index is 9.62. The summed E-state index contributed by atoms with van der Waals surface area (Å²) >= 11 is 1.84. The Bertz CT molecular complexity index is 99.7. The number of thioether (sulfide) groups is 1. The average molecular weight is 176 g/mol. The van der Waals surface area contributed by atoms with Gasteiger partial charge in [-0.25, -0.2) is 0 Å². The highest BCUT2D eigenvalue weighted by Gasteiger charge is 2.16. The molecule has 0 aliphatic heterocycles. The van der Waals surface area contributed by atoms with Crippen LogP contribution in [0, 0.1) is 5.92 Å². The summed E-state index contributed by atoms with van der Waals surface area (Å²) in [4.78, 5) is 0. The van der Waals surface area contributed by atoms with Crippen LogP contribution in [-0.2, 0) is 0 Å². The van der Waals surface area contributed by atoms with Crippen molar-refractivity contribution in [3.8, 4) is 0 Å². The van der Waals surface area contributed by atoms with Gasteiger partial charge in [0.1, 0.15) is 0 Å². The Kier molecular flexibility index (Phi) is 5.19. The van der Waals surface area contributed by atoms with Crippen molar-refractivity contribution in [1.82, 2.24) is 0 Å². The van der Waals surface area contributed by atoms with Crippen LogP contribution in [0.1, 0.15) is 34.1 Å². The van der Waals surface area contributed by atoms with E-state index >= 15 is 0 Å². The first-order chi connectivity index (χ1) is 4.98. The molecule has 0 spiro atoms. The van der Waals surface area contributed by atoms with Crippen molar-refractivity contribution in [2.24, 2.45) is 5.92 Å². The van der Waals surface area contributed by atoms with Gasteiger partial charge in [0.05, 0.1) is 5.60 Å². The topological polar surface area (TPSA) is 20.2 Å². The number of rotatable bonds is 5. The highest BCUT2D eigenvalue weighted by molar-refractivity contribution is 7.99. The molecule has 0 amide bonds. The summed E-state index contributed by atoms with van der Waals surface area (Å²) in [5, 5.41) is 9.62. The van der Waals surface area contributed by atoms with Gasteiger partial charge in [-0.2, -0.15) is 11.8 Å². The molecule has 0 heterocycles. The monoisotopic (exact) mass is 176 g/mol. The molecule has 0 aliphatic rings. The first-order valence-electron chi connectivity index (χ1n) is 4.28. The number of hydrogen-bond acceptors (Lipinski definition) is 2. The Labute approximate surface area is 74.6 Å². The van der Waals surface area contributed by atoms with Crippen LogP contribution in [0.3, 0.4) is 0 Å². The van der Waals surface area contributed by atoms with Gasteiger partial charge in [0, 0.05) is 5.75 Å². The maximum atomic E-state index is 9.62. The molecule has 0 aromatic heterocycles. The third kappa shape index (κ3) is 6.70. The number of aliphatic hydroxyl groups is 1. The van der Waals surface area contributed by atoms with Gasteiger partial charge in [-0.05, 0) is 25.0 Å². The molecule has 1 N–H and O–H groups in total. The van der Waals surface area contributed by atoms with Crippen molar-refractivity contribution in [2.75, 3.05) is 11.5 Å². The summed E-state index contributed by atoms with van der Waals surface area (Å²) in [6.07, 6.45) is 0.845. The molecule has 0 rings (SSSR count). The minimum atomic E-state index is -0.459. The normalized spacial score (nSPS) is 16.9. The second kappa shape index (κ2) is 5.04. The Morgan fingerprint density at radius 2 is 2.00 bits per heavy atom. The van der Waals surface area contributed by atoms with Gasteiger partial charge in [0.25, 0.3) is 0 Å². The lowest BCUT2D eigenvalue weighted by atomic mass is 10.1.